The molecule has 4 nitrogen and oxygen atoms in total. The zero-order valence-electron chi connectivity index (χ0n) is 16.6. The first-order chi connectivity index (χ1) is 15.1. The van der Waals surface area contributed by atoms with Gasteiger partial charge in [-0.1, -0.05) is 0 Å². The number of rotatable bonds is 8. The van der Waals surface area contributed by atoms with Crippen LogP contribution in [0.25, 0.3) is 0 Å². The summed E-state index contributed by atoms with van der Waals surface area (Å²) in [5.41, 5.74) is 7.32. The van der Waals surface area contributed by atoms with E-state index < -0.39 is 63.3 Å². The van der Waals surface area contributed by atoms with Gasteiger partial charge < -0.3 is 0 Å². The number of hydrazine groups is 1. The average Bonchev–Trinajstić information content (AvgIpc) is 3.03. The molecule has 208 valence electrons. The van der Waals surface area contributed by atoms with Crippen LogP contribution in [0.15, 0.2) is 0 Å². The van der Waals surface area contributed by atoms with E-state index in [2.05, 4.69) is 236 Å². The molecule has 33 heavy (non-hydrogen) atoms. The predicted octanol–water partition coefficient (Wildman–Crippen LogP) is 9.26. The fourth-order valence-electron chi connectivity index (χ4n) is 2.77. The number of hydrogen-bond donors (Lipinski definition) is 1. The molecule has 0 saturated carbocycles. The summed E-state index contributed by atoms with van der Waals surface area (Å²) in [6.45, 7) is 11.8. The van der Waals surface area contributed by atoms with Crippen molar-refractivity contribution >= 4 is 255 Å². The van der Waals surface area contributed by atoms with Crippen LogP contribution in [-0.2, 0) is 1.55 Å². The van der Waals surface area contributed by atoms with Crippen LogP contribution in [0.5, 0.6) is 0 Å². The van der Waals surface area contributed by atoms with Crippen molar-refractivity contribution in [2.75, 3.05) is 5.01 Å². The van der Waals surface area contributed by atoms with Crippen LogP contribution >= 0.6 is 249 Å². The molecule has 0 fully saturated rings. The van der Waals surface area contributed by atoms with E-state index in [1.54, 1.807) is 0 Å². The number of aromatic nitrogens is 2. The molecule has 0 spiro atoms. The molecule has 1 aromatic rings. The standard InChI is InChI=1S/C11H16I18N4/c1-6-7(2)32-8(30-6)33(9(3,4)5)31-10(24(14)15,25(16)22-12)11(32,26(17)28(19)20)27(18)29(21)23-13/h31H,1-5H3/q-2. The molecular formula is C11H16I18N4-2. The molecule has 0 bridgehead atoms. The zero-order chi connectivity index (χ0) is 25.7. The second-order valence-electron chi connectivity index (χ2n) is 6.87. The van der Waals surface area contributed by atoms with Gasteiger partial charge >= 0.3 is 357 Å². The third-order valence-corrected chi connectivity index (χ3v) is 432. The van der Waals surface area contributed by atoms with Crippen LogP contribution in [0.1, 0.15) is 32.2 Å². The van der Waals surface area contributed by atoms with Crippen molar-refractivity contribution in [1.29, 1.82) is 0 Å². The molecule has 1 aliphatic heterocycles. The van der Waals surface area contributed by atoms with Crippen LogP contribution < -0.4 is 36.9 Å². The third kappa shape index (κ3) is 8.83. The Hall–Kier alpha value is 12.1. The summed E-state index contributed by atoms with van der Waals surface area (Å²) < 4.78 is 3.87. The maximum atomic E-state index is 5.35. The Labute approximate surface area is 342 Å². The Morgan fingerprint density at radius 1 is 0.909 bits per heavy atom. The Bertz CT molecular complexity index is 829. The molecule has 0 saturated heterocycles. The van der Waals surface area contributed by atoms with E-state index in [-0.39, 0.29) is 18.8 Å². The van der Waals surface area contributed by atoms with Crippen molar-refractivity contribution in [2.24, 2.45) is 0 Å². The van der Waals surface area contributed by atoms with Gasteiger partial charge in [0.25, 0.3) is 0 Å². The van der Waals surface area contributed by atoms with Crippen LogP contribution in [0.3, 0.4) is 0 Å². The van der Waals surface area contributed by atoms with Crippen molar-refractivity contribution in [3.63, 3.8) is 0 Å². The topological polar surface area (TPSA) is 33.1 Å². The van der Waals surface area contributed by atoms with Gasteiger partial charge in [-0.05, 0) is 0 Å². The summed E-state index contributed by atoms with van der Waals surface area (Å²) in [5, 5.41) is 2.57. The molecule has 1 N–H and O–H groups in total. The number of nitrogens with one attached hydrogen (secondary N) is 1. The van der Waals surface area contributed by atoms with E-state index in [1.165, 1.54) is 17.3 Å². The van der Waals surface area contributed by atoms with E-state index in [4.69, 9.17) is 4.98 Å². The van der Waals surface area contributed by atoms with E-state index >= 15 is 0 Å². The minimum absolute atomic E-state index is 0.0104. The fourth-order valence-corrected chi connectivity index (χ4v) is 517. The van der Waals surface area contributed by atoms with Gasteiger partial charge in [0.15, 0.2) is 0 Å². The van der Waals surface area contributed by atoms with E-state index in [9.17, 15) is 0 Å². The van der Waals surface area contributed by atoms with Gasteiger partial charge in [0, 0.05) is 0 Å². The Morgan fingerprint density at radius 2 is 1.45 bits per heavy atom. The molecule has 0 aromatic carbocycles. The average molecular weight is 2490 g/mol. The molecule has 2 unspecified atom stereocenters. The first-order valence-corrected chi connectivity index (χ1v) is 100. The second kappa shape index (κ2) is 18.2. The molecule has 1 aliphatic rings. The number of fused-ring (bicyclic) bond motifs is 1. The van der Waals surface area contributed by atoms with Crippen molar-refractivity contribution in [3.05, 3.63) is 11.4 Å². The third-order valence-electron chi connectivity index (χ3n) is 4.16. The number of alkyl halides is 4. The number of hydrogen-bond acceptors (Lipinski definition) is 3. The molecule has 22 heteroatoms. The van der Waals surface area contributed by atoms with E-state index in [0.717, 1.165) is 0 Å². The molecular weight excluding hydrogens is 2470 g/mol. The van der Waals surface area contributed by atoms with Gasteiger partial charge in [-0.25, -0.2) is 0 Å². The van der Waals surface area contributed by atoms with Gasteiger partial charge in [-0.3, -0.25) is 0 Å². The number of anilines is 1. The van der Waals surface area contributed by atoms with Gasteiger partial charge in [0.1, 0.15) is 0 Å². The SMILES string of the molecule is Cc1nc2n(c1C)C(I(I)I(I)I)(I(I)I(I)[I-]I)C(I(I)I)(I(I)[I-]I)NN2C(C)(C)C. The number of imidazole rings is 1. The van der Waals surface area contributed by atoms with Gasteiger partial charge in [0.05, 0.1) is 0 Å². The Morgan fingerprint density at radius 3 is 1.85 bits per heavy atom. The Kier molecular flexibility index (Phi) is 22.8. The molecule has 2 atom stereocenters. The van der Waals surface area contributed by atoms with Crippen molar-refractivity contribution in [1.82, 2.24) is 15.0 Å². The Balaban J connectivity index is 3.23. The van der Waals surface area contributed by atoms with Crippen LogP contribution in [0, 0.1) is 13.8 Å². The van der Waals surface area contributed by atoms with Crippen LogP contribution in [0.4, 0.5) is 5.95 Å². The quantitative estimate of drug-likeness (QED) is 0.160. The molecule has 2 rings (SSSR count). The first kappa shape index (κ1) is 41.3. The van der Waals surface area contributed by atoms with E-state index in [0.29, 0.717) is 16.4 Å². The zero-order valence-corrected chi connectivity index (χ0v) is 55.5. The maximum absolute atomic E-state index is 5.35. The van der Waals surface area contributed by atoms with Gasteiger partial charge in [-0.15, -0.1) is 0 Å². The molecule has 0 aliphatic carbocycles. The monoisotopic (exact) mass is 2490 g/mol. The summed E-state index contributed by atoms with van der Waals surface area (Å²) in [4.78, 5) is 5.35. The summed E-state index contributed by atoms with van der Waals surface area (Å²) in [5.74, 6) is 1.27. The van der Waals surface area contributed by atoms with E-state index in [1.807, 2.05) is 0 Å². The van der Waals surface area contributed by atoms with Gasteiger partial charge in [-0.2, -0.15) is 0 Å². The van der Waals surface area contributed by atoms with Crippen molar-refractivity contribution in [2.45, 2.75) is 43.3 Å². The second-order valence-corrected chi connectivity index (χ2v) is 237. The first-order valence-electron chi connectivity index (χ1n) is 7.79. The normalized spacial score (nSPS) is 26.2. The van der Waals surface area contributed by atoms with Crippen LogP contribution in [-0.4, -0.2) is 16.6 Å². The summed E-state index contributed by atoms with van der Waals surface area (Å²) in [6.07, 6.45) is 0. The minimum atomic E-state index is -1.35. The van der Waals surface area contributed by atoms with Crippen LogP contribution in [0.2, 0.25) is 0 Å². The van der Waals surface area contributed by atoms with Crippen molar-refractivity contribution < 1.29 is 26.5 Å². The summed E-state index contributed by atoms with van der Waals surface area (Å²) in [7, 11) is -1.96. The molecule has 0 radical (unpaired) electrons. The number of aryl methyl sites for hydroxylation is 1. The summed E-state index contributed by atoms with van der Waals surface area (Å²) >= 11 is 25.5. The fraction of sp³-hybridized carbons (Fsp3) is 0.727. The molecule has 2 heterocycles. The predicted molar refractivity (Wildman–Crippen MR) is 282 cm³/mol. The van der Waals surface area contributed by atoms with Crippen molar-refractivity contribution in [3.8, 4) is 0 Å². The number of nitrogens with zero attached hydrogens (tertiary/aromatic N) is 3. The van der Waals surface area contributed by atoms with Gasteiger partial charge in [0.2, 0.25) is 0 Å². The molecule has 1 aromatic heterocycles. The summed E-state index contributed by atoms with van der Waals surface area (Å²) in [6, 6.07) is 0. The molecule has 0 amide bonds. The number of halogens is 18.